The lowest BCUT2D eigenvalue weighted by Gasteiger charge is -2.36. The summed E-state index contributed by atoms with van der Waals surface area (Å²) in [5.74, 6) is 0.198. The standard InChI is InChI=1S/C19H19F3N6OS/c1-26-17-15(10-25-26)18(24-12-23-17)30-11-16(29)28-7-5-27(6-8-28)14-4-2-3-13(9-14)19(20,21)22/h2-4,9-10,12H,5-8,11H2,1H3. The molecule has 0 unspecified atom stereocenters. The number of piperazine rings is 1. The summed E-state index contributed by atoms with van der Waals surface area (Å²) in [6.45, 7) is 1.89. The predicted octanol–water partition coefficient (Wildman–Crippen LogP) is 2.82. The van der Waals surface area contributed by atoms with E-state index in [-0.39, 0.29) is 11.7 Å². The van der Waals surface area contributed by atoms with E-state index in [0.717, 1.165) is 17.5 Å². The number of thioether (sulfide) groups is 1. The first-order chi connectivity index (χ1) is 14.3. The van der Waals surface area contributed by atoms with Crippen molar-refractivity contribution in [3.8, 4) is 0 Å². The maximum absolute atomic E-state index is 12.9. The van der Waals surface area contributed by atoms with Gasteiger partial charge >= 0.3 is 6.18 Å². The monoisotopic (exact) mass is 436 g/mol. The van der Waals surface area contributed by atoms with Gasteiger partial charge in [-0.15, -0.1) is 0 Å². The van der Waals surface area contributed by atoms with Gasteiger partial charge in [0.25, 0.3) is 0 Å². The fraction of sp³-hybridized carbons (Fsp3) is 0.368. The van der Waals surface area contributed by atoms with Gasteiger partial charge in [-0.3, -0.25) is 9.48 Å². The number of anilines is 1. The van der Waals surface area contributed by atoms with E-state index in [4.69, 9.17) is 0 Å². The molecule has 1 aromatic carbocycles. The van der Waals surface area contributed by atoms with Gasteiger partial charge in [-0.2, -0.15) is 18.3 Å². The minimum absolute atomic E-state index is 0.0284. The van der Waals surface area contributed by atoms with E-state index < -0.39 is 11.7 Å². The van der Waals surface area contributed by atoms with Gasteiger partial charge in [-0.05, 0) is 18.2 Å². The van der Waals surface area contributed by atoms with Crippen LogP contribution in [0.15, 0.2) is 41.8 Å². The van der Waals surface area contributed by atoms with Crippen LogP contribution in [0.2, 0.25) is 0 Å². The SMILES string of the molecule is Cn1ncc2c(SCC(=O)N3CCN(c4cccc(C(F)(F)F)c4)CC3)ncnc21. The molecule has 4 rings (SSSR count). The van der Waals surface area contributed by atoms with E-state index in [1.165, 1.54) is 24.2 Å². The molecule has 1 amide bonds. The van der Waals surface area contributed by atoms with Gasteiger partial charge in [0.05, 0.1) is 22.9 Å². The lowest BCUT2D eigenvalue weighted by molar-refractivity contribution is -0.137. The third-order valence-electron chi connectivity index (χ3n) is 5.00. The van der Waals surface area contributed by atoms with Crippen LogP contribution in [0.4, 0.5) is 18.9 Å². The van der Waals surface area contributed by atoms with Crippen LogP contribution in [-0.2, 0) is 18.0 Å². The molecule has 0 aliphatic carbocycles. The molecule has 0 saturated carbocycles. The molecule has 1 fully saturated rings. The number of benzene rings is 1. The number of carbonyl (C=O) groups is 1. The highest BCUT2D eigenvalue weighted by molar-refractivity contribution is 8.00. The maximum atomic E-state index is 12.9. The second-order valence-electron chi connectivity index (χ2n) is 6.89. The minimum Gasteiger partial charge on any atom is -0.368 e. The van der Waals surface area contributed by atoms with Crippen molar-refractivity contribution in [2.45, 2.75) is 11.2 Å². The third kappa shape index (κ3) is 4.20. The van der Waals surface area contributed by atoms with Crippen LogP contribution in [-0.4, -0.2) is 62.5 Å². The first kappa shape index (κ1) is 20.5. The summed E-state index contributed by atoms with van der Waals surface area (Å²) in [6.07, 6.45) is -1.24. The van der Waals surface area contributed by atoms with E-state index in [2.05, 4.69) is 15.1 Å². The summed E-state index contributed by atoms with van der Waals surface area (Å²) < 4.78 is 40.5. The number of hydrogen-bond acceptors (Lipinski definition) is 6. The first-order valence-corrected chi connectivity index (χ1v) is 10.3. The number of carbonyl (C=O) groups excluding carboxylic acids is 1. The van der Waals surface area contributed by atoms with Gasteiger partial charge in [0.1, 0.15) is 11.4 Å². The summed E-state index contributed by atoms with van der Waals surface area (Å²) >= 11 is 1.33. The number of nitrogens with zero attached hydrogens (tertiary/aromatic N) is 6. The van der Waals surface area contributed by atoms with E-state index in [0.29, 0.717) is 42.5 Å². The van der Waals surface area contributed by atoms with Crippen molar-refractivity contribution in [2.75, 3.05) is 36.8 Å². The molecule has 158 valence electrons. The van der Waals surface area contributed by atoms with Crippen molar-refractivity contribution < 1.29 is 18.0 Å². The Morgan fingerprint density at radius 1 is 1.17 bits per heavy atom. The minimum atomic E-state index is -4.37. The number of amides is 1. The Bertz CT molecular complexity index is 1060. The largest absolute Gasteiger partial charge is 0.416 e. The van der Waals surface area contributed by atoms with Gasteiger partial charge in [0, 0.05) is 38.9 Å². The van der Waals surface area contributed by atoms with Crippen LogP contribution in [0.1, 0.15) is 5.56 Å². The molecule has 2 aromatic heterocycles. The van der Waals surface area contributed by atoms with Gasteiger partial charge in [-0.1, -0.05) is 17.8 Å². The summed E-state index contributed by atoms with van der Waals surface area (Å²) in [6, 6.07) is 5.29. The van der Waals surface area contributed by atoms with Crippen LogP contribution in [0.25, 0.3) is 11.0 Å². The molecular formula is C19H19F3N6OS. The summed E-state index contributed by atoms with van der Waals surface area (Å²) in [5.41, 5.74) is 0.558. The van der Waals surface area contributed by atoms with Crippen molar-refractivity contribution in [3.05, 3.63) is 42.4 Å². The number of rotatable bonds is 4. The maximum Gasteiger partial charge on any atom is 0.416 e. The number of aromatic nitrogens is 4. The molecule has 1 aliphatic rings. The van der Waals surface area contributed by atoms with Crippen LogP contribution in [0.3, 0.4) is 0 Å². The zero-order valence-corrected chi connectivity index (χ0v) is 16.9. The molecule has 0 spiro atoms. The van der Waals surface area contributed by atoms with E-state index >= 15 is 0 Å². The number of aryl methyl sites for hydroxylation is 1. The summed E-state index contributed by atoms with van der Waals surface area (Å²) in [4.78, 5) is 24.6. The summed E-state index contributed by atoms with van der Waals surface area (Å²) in [5, 5.41) is 5.66. The third-order valence-corrected chi connectivity index (χ3v) is 5.99. The van der Waals surface area contributed by atoms with Crippen LogP contribution >= 0.6 is 11.8 Å². The van der Waals surface area contributed by atoms with Crippen molar-refractivity contribution in [2.24, 2.45) is 7.05 Å². The predicted molar refractivity (Wildman–Crippen MR) is 107 cm³/mol. The highest BCUT2D eigenvalue weighted by Crippen LogP contribution is 2.32. The number of alkyl halides is 3. The molecule has 0 bridgehead atoms. The van der Waals surface area contributed by atoms with Crippen molar-refractivity contribution in [1.29, 1.82) is 0 Å². The Kier molecular flexibility index (Phi) is 5.54. The van der Waals surface area contributed by atoms with Gasteiger partial charge in [0.15, 0.2) is 5.65 Å². The van der Waals surface area contributed by atoms with Crippen molar-refractivity contribution >= 4 is 34.4 Å². The van der Waals surface area contributed by atoms with Crippen molar-refractivity contribution in [3.63, 3.8) is 0 Å². The van der Waals surface area contributed by atoms with Gasteiger partial charge in [-0.25, -0.2) is 9.97 Å². The highest BCUT2D eigenvalue weighted by Gasteiger charge is 2.31. The normalized spacial score (nSPS) is 15.1. The highest BCUT2D eigenvalue weighted by atomic mass is 32.2. The fourth-order valence-corrected chi connectivity index (χ4v) is 4.23. The van der Waals surface area contributed by atoms with Gasteiger partial charge < -0.3 is 9.80 Å². The molecule has 3 aromatic rings. The van der Waals surface area contributed by atoms with E-state index in [1.807, 2.05) is 4.90 Å². The fourth-order valence-electron chi connectivity index (χ4n) is 3.37. The van der Waals surface area contributed by atoms with Crippen LogP contribution < -0.4 is 4.90 Å². The molecule has 0 radical (unpaired) electrons. The quantitative estimate of drug-likeness (QED) is 0.463. The first-order valence-electron chi connectivity index (χ1n) is 9.28. The Morgan fingerprint density at radius 2 is 1.93 bits per heavy atom. The van der Waals surface area contributed by atoms with E-state index in [1.54, 1.807) is 28.9 Å². The molecular weight excluding hydrogens is 417 g/mol. The Labute approximate surface area is 174 Å². The lowest BCUT2D eigenvalue weighted by Crippen LogP contribution is -2.49. The zero-order valence-electron chi connectivity index (χ0n) is 16.1. The van der Waals surface area contributed by atoms with Gasteiger partial charge in [0.2, 0.25) is 5.91 Å². The lowest BCUT2D eigenvalue weighted by atomic mass is 10.1. The Hall–Kier alpha value is -2.82. The molecule has 1 aliphatic heterocycles. The average Bonchev–Trinajstić information content (AvgIpc) is 3.13. The number of fused-ring (bicyclic) bond motifs is 1. The molecule has 30 heavy (non-hydrogen) atoms. The molecule has 0 atom stereocenters. The number of halogens is 3. The van der Waals surface area contributed by atoms with Crippen LogP contribution in [0, 0.1) is 0 Å². The Balaban J connectivity index is 1.34. The topological polar surface area (TPSA) is 67.2 Å². The Morgan fingerprint density at radius 3 is 2.67 bits per heavy atom. The molecule has 7 nitrogen and oxygen atoms in total. The molecule has 11 heteroatoms. The summed E-state index contributed by atoms with van der Waals surface area (Å²) in [7, 11) is 1.79. The molecule has 0 N–H and O–H groups in total. The van der Waals surface area contributed by atoms with E-state index in [9.17, 15) is 18.0 Å². The smallest absolute Gasteiger partial charge is 0.368 e. The molecule has 1 saturated heterocycles. The number of hydrogen-bond donors (Lipinski definition) is 0. The molecule has 3 heterocycles. The zero-order chi connectivity index (χ0) is 21.3. The second kappa shape index (κ2) is 8.13. The average molecular weight is 436 g/mol. The van der Waals surface area contributed by atoms with Crippen LogP contribution in [0.5, 0.6) is 0 Å². The second-order valence-corrected chi connectivity index (χ2v) is 7.85. The van der Waals surface area contributed by atoms with Crippen molar-refractivity contribution in [1.82, 2.24) is 24.6 Å².